The van der Waals surface area contributed by atoms with Gasteiger partial charge in [0.05, 0.1) is 9.92 Å². The summed E-state index contributed by atoms with van der Waals surface area (Å²) in [4.78, 5) is 12.3. The summed E-state index contributed by atoms with van der Waals surface area (Å²) in [5.41, 5.74) is 0.357. The quantitative estimate of drug-likeness (QED) is 0.846. The zero-order valence-corrected chi connectivity index (χ0v) is 15.2. The SMILES string of the molecule is CC(Oc1cccc(Cl)c1Cl)C(=O)Nc1cccc(S(C)(=O)=O)c1. The molecule has 0 aliphatic heterocycles. The van der Waals surface area contributed by atoms with Gasteiger partial charge in [-0.1, -0.05) is 35.3 Å². The molecule has 0 fully saturated rings. The van der Waals surface area contributed by atoms with Crippen LogP contribution in [0.1, 0.15) is 6.92 Å². The van der Waals surface area contributed by atoms with Gasteiger partial charge in [0.15, 0.2) is 15.9 Å². The van der Waals surface area contributed by atoms with Gasteiger partial charge >= 0.3 is 0 Å². The second kappa shape index (κ2) is 7.42. The Labute approximate surface area is 150 Å². The van der Waals surface area contributed by atoms with Crippen molar-refractivity contribution in [2.24, 2.45) is 0 Å². The molecule has 1 amide bonds. The highest BCUT2D eigenvalue weighted by Gasteiger charge is 2.18. The van der Waals surface area contributed by atoms with E-state index >= 15 is 0 Å². The average Bonchev–Trinajstić information content (AvgIpc) is 2.51. The molecular weight excluding hydrogens is 373 g/mol. The van der Waals surface area contributed by atoms with Gasteiger partial charge < -0.3 is 10.1 Å². The van der Waals surface area contributed by atoms with Crippen molar-refractivity contribution in [1.29, 1.82) is 0 Å². The van der Waals surface area contributed by atoms with Gasteiger partial charge in [-0.05, 0) is 37.3 Å². The maximum Gasteiger partial charge on any atom is 0.265 e. The van der Waals surface area contributed by atoms with Gasteiger partial charge in [-0.3, -0.25) is 4.79 Å². The Balaban J connectivity index is 2.11. The third-order valence-electron chi connectivity index (χ3n) is 3.12. The van der Waals surface area contributed by atoms with Crippen LogP contribution in [0.4, 0.5) is 5.69 Å². The van der Waals surface area contributed by atoms with E-state index in [1.807, 2.05) is 0 Å². The summed E-state index contributed by atoms with van der Waals surface area (Å²) < 4.78 is 28.6. The van der Waals surface area contributed by atoms with Crippen molar-refractivity contribution in [2.45, 2.75) is 17.9 Å². The number of rotatable bonds is 5. The van der Waals surface area contributed by atoms with Crippen LogP contribution in [-0.2, 0) is 14.6 Å². The molecule has 1 unspecified atom stereocenters. The molecule has 0 aliphatic rings. The maximum absolute atomic E-state index is 12.2. The van der Waals surface area contributed by atoms with Crippen LogP contribution < -0.4 is 10.1 Å². The number of sulfone groups is 1. The molecule has 1 atom stereocenters. The number of ether oxygens (including phenoxy) is 1. The lowest BCUT2D eigenvalue weighted by Gasteiger charge is -2.16. The Morgan fingerprint density at radius 2 is 1.83 bits per heavy atom. The molecule has 1 N–H and O–H groups in total. The Hall–Kier alpha value is -1.76. The van der Waals surface area contributed by atoms with Crippen molar-refractivity contribution in [3.05, 3.63) is 52.5 Å². The lowest BCUT2D eigenvalue weighted by Crippen LogP contribution is -2.30. The normalized spacial score (nSPS) is 12.5. The van der Waals surface area contributed by atoms with Crippen LogP contribution >= 0.6 is 23.2 Å². The fourth-order valence-corrected chi connectivity index (χ4v) is 2.87. The summed E-state index contributed by atoms with van der Waals surface area (Å²) in [5.74, 6) is -0.159. The number of hydrogen-bond donors (Lipinski definition) is 1. The van der Waals surface area contributed by atoms with Gasteiger partial charge in [-0.15, -0.1) is 0 Å². The van der Waals surface area contributed by atoms with E-state index in [4.69, 9.17) is 27.9 Å². The van der Waals surface area contributed by atoms with Crippen molar-refractivity contribution in [1.82, 2.24) is 0 Å². The monoisotopic (exact) mass is 387 g/mol. The van der Waals surface area contributed by atoms with Crippen molar-refractivity contribution in [3.63, 3.8) is 0 Å². The molecule has 0 saturated carbocycles. The molecule has 0 saturated heterocycles. The standard InChI is InChI=1S/C16H15Cl2NO4S/c1-10(23-14-8-4-7-13(17)15(14)18)16(20)19-11-5-3-6-12(9-11)24(2,21)22/h3-10H,1-2H3,(H,19,20). The first kappa shape index (κ1) is 18.6. The zero-order valence-electron chi connectivity index (χ0n) is 12.9. The molecular formula is C16H15Cl2NO4S. The fourth-order valence-electron chi connectivity index (χ4n) is 1.87. The first-order valence-electron chi connectivity index (χ1n) is 6.90. The Morgan fingerprint density at radius 1 is 1.17 bits per heavy atom. The number of carbonyl (C=O) groups excluding carboxylic acids is 1. The van der Waals surface area contributed by atoms with Crippen LogP contribution in [0.2, 0.25) is 10.0 Å². The number of amides is 1. The average molecular weight is 388 g/mol. The van der Waals surface area contributed by atoms with Crippen molar-refractivity contribution >= 4 is 44.6 Å². The van der Waals surface area contributed by atoms with Crippen molar-refractivity contribution < 1.29 is 17.9 Å². The van der Waals surface area contributed by atoms with E-state index in [9.17, 15) is 13.2 Å². The fraction of sp³-hybridized carbons (Fsp3) is 0.188. The lowest BCUT2D eigenvalue weighted by molar-refractivity contribution is -0.122. The van der Waals surface area contributed by atoms with Crippen molar-refractivity contribution in [2.75, 3.05) is 11.6 Å². The summed E-state index contributed by atoms with van der Waals surface area (Å²) in [6.45, 7) is 1.55. The summed E-state index contributed by atoms with van der Waals surface area (Å²) in [6, 6.07) is 10.8. The van der Waals surface area contributed by atoms with Crippen LogP contribution in [0.15, 0.2) is 47.4 Å². The molecule has 2 rings (SSSR count). The summed E-state index contributed by atoms with van der Waals surface area (Å²) in [5, 5.41) is 3.15. The second-order valence-electron chi connectivity index (χ2n) is 5.10. The number of hydrogen-bond acceptors (Lipinski definition) is 4. The highest BCUT2D eigenvalue weighted by atomic mass is 35.5. The molecule has 2 aromatic carbocycles. The Kier molecular flexibility index (Phi) is 5.74. The number of carbonyl (C=O) groups is 1. The number of halogens is 2. The zero-order chi connectivity index (χ0) is 17.9. The van der Waals surface area contributed by atoms with Gasteiger partial charge in [-0.25, -0.2) is 8.42 Å². The van der Waals surface area contributed by atoms with Crippen LogP contribution in [0.25, 0.3) is 0 Å². The Morgan fingerprint density at radius 3 is 2.50 bits per heavy atom. The summed E-state index contributed by atoms with van der Waals surface area (Å²) in [6.07, 6.45) is 0.240. The van der Waals surface area contributed by atoms with E-state index in [-0.39, 0.29) is 15.7 Å². The van der Waals surface area contributed by atoms with Crippen LogP contribution in [-0.4, -0.2) is 26.7 Å². The minimum atomic E-state index is -3.35. The molecule has 0 aromatic heterocycles. The third kappa shape index (κ3) is 4.63. The molecule has 5 nitrogen and oxygen atoms in total. The van der Waals surface area contributed by atoms with E-state index < -0.39 is 21.8 Å². The lowest BCUT2D eigenvalue weighted by atomic mass is 10.3. The predicted octanol–water partition coefficient (Wildman–Crippen LogP) is 3.80. The minimum absolute atomic E-state index is 0.117. The molecule has 8 heteroatoms. The highest BCUT2D eigenvalue weighted by Crippen LogP contribution is 2.32. The van der Waals surface area contributed by atoms with Gasteiger partial charge in [-0.2, -0.15) is 0 Å². The number of anilines is 1. The predicted molar refractivity (Wildman–Crippen MR) is 94.7 cm³/mol. The molecule has 0 aliphatic carbocycles. The smallest absolute Gasteiger partial charge is 0.265 e. The summed E-state index contributed by atoms with van der Waals surface area (Å²) >= 11 is 11.9. The first-order valence-corrected chi connectivity index (χ1v) is 9.55. The van der Waals surface area contributed by atoms with Crippen molar-refractivity contribution in [3.8, 4) is 5.75 Å². The maximum atomic E-state index is 12.2. The second-order valence-corrected chi connectivity index (χ2v) is 7.90. The van der Waals surface area contributed by atoms with E-state index in [1.165, 1.54) is 12.1 Å². The summed E-state index contributed by atoms with van der Waals surface area (Å²) in [7, 11) is -3.35. The minimum Gasteiger partial charge on any atom is -0.479 e. The molecule has 24 heavy (non-hydrogen) atoms. The van der Waals surface area contributed by atoms with Gasteiger partial charge in [0.1, 0.15) is 10.8 Å². The van der Waals surface area contributed by atoms with E-state index in [0.29, 0.717) is 10.7 Å². The van der Waals surface area contributed by atoms with E-state index in [0.717, 1.165) is 6.26 Å². The van der Waals surface area contributed by atoms with Crippen LogP contribution in [0.5, 0.6) is 5.75 Å². The first-order chi connectivity index (χ1) is 11.2. The molecule has 0 heterocycles. The molecule has 128 valence electrons. The Bertz CT molecular complexity index is 868. The molecule has 0 radical (unpaired) electrons. The van der Waals surface area contributed by atoms with Gasteiger partial charge in [0, 0.05) is 11.9 Å². The number of benzene rings is 2. The van der Waals surface area contributed by atoms with E-state index in [2.05, 4.69) is 5.32 Å². The topological polar surface area (TPSA) is 72.5 Å². The number of nitrogens with one attached hydrogen (secondary N) is 1. The van der Waals surface area contributed by atoms with E-state index in [1.54, 1.807) is 37.3 Å². The van der Waals surface area contributed by atoms with Crippen LogP contribution in [0, 0.1) is 0 Å². The highest BCUT2D eigenvalue weighted by molar-refractivity contribution is 7.90. The largest absolute Gasteiger partial charge is 0.479 e. The van der Waals surface area contributed by atoms with Gasteiger partial charge in [0.25, 0.3) is 5.91 Å². The third-order valence-corrected chi connectivity index (χ3v) is 5.03. The van der Waals surface area contributed by atoms with Gasteiger partial charge in [0.2, 0.25) is 0 Å². The molecule has 2 aromatic rings. The van der Waals surface area contributed by atoms with Crippen LogP contribution in [0.3, 0.4) is 0 Å². The molecule has 0 bridgehead atoms. The molecule has 0 spiro atoms.